The van der Waals surface area contributed by atoms with Crippen molar-refractivity contribution < 1.29 is 0 Å². The number of nitrogens with zero attached hydrogens (tertiary/aromatic N) is 1. The lowest BCUT2D eigenvalue weighted by Gasteiger charge is -2.42. The van der Waals surface area contributed by atoms with Gasteiger partial charge < -0.3 is 5.32 Å². The summed E-state index contributed by atoms with van der Waals surface area (Å²) in [6.07, 6.45) is 8.37. The summed E-state index contributed by atoms with van der Waals surface area (Å²) in [4.78, 5) is 2.72. The number of rotatable bonds is 4. The van der Waals surface area contributed by atoms with E-state index in [1.807, 2.05) is 0 Å². The zero-order chi connectivity index (χ0) is 11.4. The second-order valence-electron chi connectivity index (χ2n) is 5.83. The molecule has 1 aliphatic carbocycles. The topological polar surface area (TPSA) is 15.3 Å². The van der Waals surface area contributed by atoms with Gasteiger partial charge in [0.1, 0.15) is 0 Å². The largest absolute Gasteiger partial charge is 0.309 e. The first-order valence-electron chi connectivity index (χ1n) is 7.25. The highest BCUT2D eigenvalue weighted by Crippen LogP contribution is 2.32. The van der Waals surface area contributed by atoms with Crippen LogP contribution in [0.4, 0.5) is 0 Å². The highest BCUT2D eigenvalue weighted by molar-refractivity contribution is 4.98. The molecule has 0 amide bonds. The third-order valence-electron chi connectivity index (χ3n) is 4.69. The van der Waals surface area contributed by atoms with Gasteiger partial charge in [-0.2, -0.15) is 0 Å². The number of hydrogen-bond donors (Lipinski definition) is 1. The van der Waals surface area contributed by atoms with Gasteiger partial charge in [0.2, 0.25) is 0 Å². The van der Waals surface area contributed by atoms with Gasteiger partial charge in [-0.15, -0.1) is 0 Å². The van der Waals surface area contributed by atoms with E-state index >= 15 is 0 Å². The predicted octanol–water partition coefficient (Wildman–Crippen LogP) is 2.64. The fraction of sp³-hybridized carbons (Fsp3) is 1.00. The first-order chi connectivity index (χ1) is 7.78. The smallest absolute Gasteiger partial charge is 0.0309 e. The molecule has 1 saturated carbocycles. The molecule has 2 rings (SSSR count). The molecule has 0 radical (unpaired) electrons. The van der Waals surface area contributed by atoms with E-state index in [9.17, 15) is 0 Å². The molecule has 1 saturated heterocycles. The lowest BCUT2D eigenvalue weighted by molar-refractivity contribution is 0.116. The third kappa shape index (κ3) is 2.78. The van der Waals surface area contributed by atoms with E-state index < -0.39 is 0 Å². The molecule has 0 aromatic carbocycles. The van der Waals surface area contributed by atoms with E-state index in [1.165, 1.54) is 64.7 Å². The summed E-state index contributed by atoms with van der Waals surface area (Å²) in [5.41, 5.74) is 0.504. The Morgan fingerprint density at radius 1 is 1.19 bits per heavy atom. The minimum Gasteiger partial charge on any atom is -0.309 e. The van der Waals surface area contributed by atoms with Gasteiger partial charge >= 0.3 is 0 Å². The molecule has 2 nitrogen and oxygen atoms in total. The van der Waals surface area contributed by atoms with Gasteiger partial charge in [-0.3, -0.25) is 4.90 Å². The third-order valence-corrected chi connectivity index (χ3v) is 4.69. The Morgan fingerprint density at radius 2 is 1.88 bits per heavy atom. The second kappa shape index (κ2) is 5.50. The highest BCUT2D eigenvalue weighted by Gasteiger charge is 2.37. The van der Waals surface area contributed by atoms with Crippen molar-refractivity contribution in [3.05, 3.63) is 0 Å². The van der Waals surface area contributed by atoms with E-state index in [0.29, 0.717) is 5.54 Å². The zero-order valence-corrected chi connectivity index (χ0v) is 11.1. The molecule has 1 spiro atoms. The first-order valence-corrected chi connectivity index (χ1v) is 7.25. The molecule has 0 aromatic heterocycles. The molecule has 16 heavy (non-hydrogen) atoms. The lowest BCUT2D eigenvalue weighted by Crippen LogP contribution is -2.59. The minimum atomic E-state index is 0.504. The molecule has 0 unspecified atom stereocenters. The molecule has 1 heterocycles. The van der Waals surface area contributed by atoms with Gasteiger partial charge in [0.25, 0.3) is 0 Å². The van der Waals surface area contributed by atoms with Crippen molar-refractivity contribution in [1.29, 1.82) is 0 Å². The predicted molar refractivity (Wildman–Crippen MR) is 69.7 cm³/mol. The monoisotopic (exact) mass is 224 g/mol. The molecule has 1 aliphatic heterocycles. The number of piperazine rings is 1. The van der Waals surface area contributed by atoms with Crippen molar-refractivity contribution in [2.24, 2.45) is 5.92 Å². The van der Waals surface area contributed by atoms with Crippen molar-refractivity contribution in [2.75, 3.05) is 26.2 Å². The molecular formula is C14H28N2. The van der Waals surface area contributed by atoms with Crippen LogP contribution < -0.4 is 5.32 Å². The van der Waals surface area contributed by atoms with Crippen LogP contribution >= 0.6 is 0 Å². The van der Waals surface area contributed by atoms with Crippen molar-refractivity contribution in [2.45, 2.75) is 57.9 Å². The van der Waals surface area contributed by atoms with Crippen LogP contribution in [-0.2, 0) is 0 Å². The average Bonchev–Trinajstić information content (AvgIpc) is 2.74. The van der Waals surface area contributed by atoms with Crippen LogP contribution in [0.15, 0.2) is 0 Å². The summed E-state index contributed by atoms with van der Waals surface area (Å²) in [5.74, 6) is 0.913. The van der Waals surface area contributed by atoms with Crippen molar-refractivity contribution >= 4 is 0 Å². The zero-order valence-electron chi connectivity index (χ0n) is 11.1. The van der Waals surface area contributed by atoms with Gasteiger partial charge in [-0.25, -0.2) is 0 Å². The Morgan fingerprint density at radius 3 is 2.50 bits per heavy atom. The maximum absolute atomic E-state index is 3.79. The molecule has 2 heteroatoms. The summed E-state index contributed by atoms with van der Waals surface area (Å²) >= 11 is 0. The Bertz CT molecular complexity index is 205. The molecule has 1 N–H and O–H groups in total. The van der Waals surface area contributed by atoms with E-state index in [-0.39, 0.29) is 0 Å². The maximum Gasteiger partial charge on any atom is 0.0309 e. The van der Waals surface area contributed by atoms with Crippen LogP contribution in [0, 0.1) is 5.92 Å². The van der Waals surface area contributed by atoms with Gasteiger partial charge in [-0.1, -0.05) is 39.5 Å². The summed E-state index contributed by atoms with van der Waals surface area (Å²) in [5, 5.41) is 3.79. The molecule has 0 aromatic rings. The molecule has 0 bridgehead atoms. The Hall–Kier alpha value is -0.0800. The second-order valence-corrected chi connectivity index (χ2v) is 5.83. The first kappa shape index (κ1) is 12.4. The van der Waals surface area contributed by atoms with Crippen LogP contribution in [0.25, 0.3) is 0 Å². The molecule has 2 fully saturated rings. The van der Waals surface area contributed by atoms with Crippen LogP contribution in [0.5, 0.6) is 0 Å². The molecule has 2 aliphatic rings. The van der Waals surface area contributed by atoms with Gasteiger partial charge in [0, 0.05) is 31.7 Å². The Labute approximate surface area is 101 Å². The molecule has 94 valence electrons. The summed E-state index contributed by atoms with van der Waals surface area (Å²) < 4.78 is 0. The fourth-order valence-electron chi connectivity index (χ4n) is 3.50. The standard InChI is InChI=1S/C14H28N2/c1-3-13(4-2)11-16-10-9-15-14(12-16)7-5-6-8-14/h13,15H,3-12H2,1-2H3. The molecule has 0 atom stereocenters. The van der Waals surface area contributed by atoms with Crippen molar-refractivity contribution in [3.63, 3.8) is 0 Å². The summed E-state index contributed by atoms with van der Waals surface area (Å²) in [6.45, 7) is 9.78. The van der Waals surface area contributed by atoms with Crippen LogP contribution in [0.1, 0.15) is 52.4 Å². The molecular weight excluding hydrogens is 196 g/mol. The van der Waals surface area contributed by atoms with E-state index in [2.05, 4.69) is 24.1 Å². The average molecular weight is 224 g/mol. The number of hydrogen-bond acceptors (Lipinski definition) is 2. The quantitative estimate of drug-likeness (QED) is 0.790. The van der Waals surface area contributed by atoms with Crippen LogP contribution in [0.2, 0.25) is 0 Å². The van der Waals surface area contributed by atoms with Crippen LogP contribution in [-0.4, -0.2) is 36.6 Å². The Balaban J connectivity index is 1.86. The van der Waals surface area contributed by atoms with Crippen LogP contribution in [0.3, 0.4) is 0 Å². The van der Waals surface area contributed by atoms with E-state index in [4.69, 9.17) is 0 Å². The summed E-state index contributed by atoms with van der Waals surface area (Å²) in [6, 6.07) is 0. The summed E-state index contributed by atoms with van der Waals surface area (Å²) in [7, 11) is 0. The SMILES string of the molecule is CCC(CC)CN1CCNC2(CCCC2)C1. The number of nitrogens with one attached hydrogen (secondary N) is 1. The van der Waals surface area contributed by atoms with Crippen molar-refractivity contribution in [1.82, 2.24) is 10.2 Å². The van der Waals surface area contributed by atoms with Gasteiger partial charge in [0.15, 0.2) is 0 Å². The maximum atomic E-state index is 3.79. The van der Waals surface area contributed by atoms with Crippen molar-refractivity contribution in [3.8, 4) is 0 Å². The van der Waals surface area contributed by atoms with Gasteiger partial charge in [0.05, 0.1) is 0 Å². The fourth-order valence-corrected chi connectivity index (χ4v) is 3.50. The minimum absolute atomic E-state index is 0.504. The highest BCUT2D eigenvalue weighted by atomic mass is 15.2. The Kier molecular flexibility index (Phi) is 4.26. The van der Waals surface area contributed by atoms with Gasteiger partial charge in [-0.05, 0) is 18.8 Å². The van der Waals surface area contributed by atoms with E-state index in [0.717, 1.165) is 5.92 Å². The lowest BCUT2D eigenvalue weighted by atomic mass is 9.93. The van der Waals surface area contributed by atoms with E-state index in [1.54, 1.807) is 0 Å². The normalized spacial score (nSPS) is 25.7.